The summed E-state index contributed by atoms with van der Waals surface area (Å²) >= 11 is 0. The minimum absolute atomic E-state index is 0.709. The highest BCUT2D eigenvalue weighted by Gasteiger charge is 2.23. The van der Waals surface area contributed by atoms with Crippen molar-refractivity contribution in [1.82, 2.24) is 0 Å². The largest absolute Gasteiger partial charge is 0.524 e. The van der Waals surface area contributed by atoms with Crippen LogP contribution < -0.4 is 0 Å². The van der Waals surface area contributed by atoms with Crippen molar-refractivity contribution in [2.24, 2.45) is 11.8 Å². The second kappa shape index (κ2) is 6.38. The molecule has 2 rings (SSSR count). The van der Waals surface area contributed by atoms with Crippen molar-refractivity contribution in [3.63, 3.8) is 0 Å². The van der Waals surface area contributed by atoms with Crippen LogP contribution in [0.4, 0.5) is 0 Å². The van der Waals surface area contributed by atoms with Crippen molar-refractivity contribution >= 4 is 14.6 Å². The van der Waals surface area contributed by atoms with Crippen LogP contribution >= 0.6 is 0 Å². The van der Waals surface area contributed by atoms with Crippen LogP contribution in [0, 0.1) is 11.8 Å². The first kappa shape index (κ1) is 12.9. The molecule has 0 aromatic carbocycles. The molecule has 2 aliphatic carbocycles. The fourth-order valence-corrected chi connectivity index (χ4v) is 3.96. The number of hydrogen-bond acceptors (Lipinski definition) is 2. The lowest BCUT2D eigenvalue weighted by molar-refractivity contribution is 0.235. The molecular weight excluding hydrogens is 228 g/mol. The highest BCUT2D eigenvalue weighted by atomic mass is 28.3. The standard InChI is InChI=1S/C14H24O2Si/c1-3-15-17(11-13-8-9-13)16-10-12(2)14-6-4-5-7-14/h11,13-14H,2-10H2,1H3. The smallest absolute Gasteiger partial charge is 0.476 e. The van der Waals surface area contributed by atoms with Crippen molar-refractivity contribution in [2.75, 3.05) is 13.2 Å². The SMILES string of the molecule is C=C(CO[Si](=CC1CC1)OCC)C1CCCC1. The summed E-state index contributed by atoms with van der Waals surface area (Å²) in [7, 11) is -1.14. The van der Waals surface area contributed by atoms with Crippen LogP contribution in [0.5, 0.6) is 0 Å². The zero-order valence-electron chi connectivity index (χ0n) is 10.9. The molecule has 0 unspecified atom stereocenters. The molecule has 0 radical (unpaired) electrons. The number of rotatable bonds is 7. The van der Waals surface area contributed by atoms with Crippen LogP contribution in [-0.4, -0.2) is 27.8 Å². The summed E-state index contributed by atoms with van der Waals surface area (Å²) in [5.41, 5.74) is 3.60. The molecule has 2 saturated carbocycles. The van der Waals surface area contributed by atoms with Gasteiger partial charge < -0.3 is 8.85 Å². The van der Waals surface area contributed by atoms with Crippen molar-refractivity contribution in [3.05, 3.63) is 12.2 Å². The van der Waals surface area contributed by atoms with Crippen molar-refractivity contribution in [1.29, 1.82) is 0 Å². The topological polar surface area (TPSA) is 18.5 Å². The fraction of sp³-hybridized carbons (Fsp3) is 0.786. The fourth-order valence-electron chi connectivity index (χ4n) is 2.35. The molecule has 0 spiro atoms. The van der Waals surface area contributed by atoms with Crippen molar-refractivity contribution in [3.8, 4) is 0 Å². The molecule has 0 saturated heterocycles. The lowest BCUT2D eigenvalue weighted by atomic mass is 10.0. The first-order valence-electron chi connectivity index (χ1n) is 6.94. The Kier molecular flexibility index (Phi) is 4.83. The maximum Gasteiger partial charge on any atom is 0.476 e. The van der Waals surface area contributed by atoms with E-state index in [4.69, 9.17) is 8.85 Å². The van der Waals surface area contributed by atoms with Crippen molar-refractivity contribution < 1.29 is 8.85 Å². The van der Waals surface area contributed by atoms with E-state index >= 15 is 0 Å². The van der Waals surface area contributed by atoms with Gasteiger partial charge in [0.1, 0.15) is 0 Å². The van der Waals surface area contributed by atoms with Gasteiger partial charge in [-0.25, -0.2) is 0 Å². The van der Waals surface area contributed by atoms with E-state index in [9.17, 15) is 0 Å². The van der Waals surface area contributed by atoms with E-state index in [2.05, 4.69) is 12.3 Å². The third-order valence-corrected chi connectivity index (χ3v) is 5.36. The normalized spacial score (nSPS) is 21.6. The monoisotopic (exact) mass is 252 g/mol. The van der Waals surface area contributed by atoms with Crippen LogP contribution in [0.3, 0.4) is 0 Å². The minimum Gasteiger partial charge on any atom is -0.524 e. The van der Waals surface area contributed by atoms with E-state index in [1.165, 1.54) is 44.1 Å². The zero-order valence-corrected chi connectivity index (χ0v) is 11.9. The Labute approximate surface area is 106 Å². The van der Waals surface area contributed by atoms with E-state index in [0.29, 0.717) is 12.5 Å². The summed E-state index contributed by atoms with van der Waals surface area (Å²) in [4.78, 5) is 0. The maximum atomic E-state index is 5.93. The van der Waals surface area contributed by atoms with E-state index in [-0.39, 0.29) is 0 Å². The van der Waals surface area contributed by atoms with Crippen LogP contribution in [-0.2, 0) is 8.85 Å². The third kappa shape index (κ3) is 4.30. The van der Waals surface area contributed by atoms with Crippen LogP contribution in [0.15, 0.2) is 12.2 Å². The van der Waals surface area contributed by atoms with Gasteiger partial charge in [-0.3, -0.25) is 0 Å². The number of hydrogen-bond donors (Lipinski definition) is 0. The van der Waals surface area contributed by atoms with E-state index in [1.54, 1.807) is 0 Å². The molecule has 2 fully saturated rings. The molecule has 2 nitrogen and oxygen atoms in total. The molecule has 0 N–H and O–H groups in total. The molecular formula is C14H24O2Si. The van der Waals surface area contributed by atoms with Crippen LogP contribution in [0.1, 0.15) is 45.4 Å². The summed E-state index contributed by atoms with van der Waals surface area (Å²) in [6.07, 6.45) is 8.00. The maximum absolute atomic E-state index is 5.93. The van der Waals surface area contributed by atoms with Gasteiger partial charge in [0.15, 0.2) is 0 Å². The molecule has 2 aliphatic rings. The van der Waals surface area contributed by atoms with Crippen LogP contribution in [0.2, 0.25) is 0 Å². The van der Waals surface area contributed by atoms with E-state index < -0.39 is 8.90 Å². The van der Waals surface area contributed by atoms with Gasteiger partial charge in [0.05, 0.1) is 13.2 Å². The van der Waals surface area contributed by atoms with Gasteiger partial charge in [-0.2, -0.15) is 0 Å². The molecule has 0 aromatic rings. The van der Waals surface area contributed by atoms with Crippen LogP contribution in [0.25, 0.3) is 0 Å². The second-order valence-corrected chi connectivity index (χ2v) is 6.73. The Hall–Kier alpha value is -0.573. The predicted molar refractivity (Wildman–Crippen MR) is 73.2 cm³/mol. The quantitative estimate of drug-likeness (QED) is 0.512. The Morgan fingerprint density at radius 1 is 1.24 bits per heavy atom. The van der Waals surface area contributed by atoms with Crippen molar-refractivity contribution in [2.45, 2.75) is 45.4 Å². The first-order valence-corrected chi connectivity index (χ1v) is 8.34. The molecule has 0 aliphatic heterocycles. The summed E-state index contributed by atoms with van der Waals surface area (Å²) in [6.45, 7) is 7.70. The van der Waals surface area contributed by atoms with E-state index in [0.717, 1.165) is 12.5 Å². The van der Waals surface area contributed by atoms with E-state index in [1.807, 2.05) is 6.92 Å². The highest BCUT2D eigenvalue weighted by Crippen LogP contribution is 2.30. The van der Waals surface area contributed by atoms with Gasteiger partial charge in [0.2, 0.25) is 0 Å². The molecule has 3 heteroatoms. The Bertz CT molecular complexity index is 289. The molecule has 0 heterocycles. The molecule has 0 amide bonds. The zero-order chi connectivity index (χ0) is 12.1. The van der Waals surface area contributed by atoms with Gasteiger partial charge in [0, 0.05) is 0 Å². The predicted octanol–water partition coefficient (Wildman–Crippen LogP) is 3.07. The average Bonchev–Trinajstić information content (AvgIpc) is 2.97. The van der Waals surface area contributed by atoms with Gasteiger partial charge in [-0.1, -0.05) is 19.4 Å². The Morgan fingerprint density at radius 2 is 1.94 bits per heavy atom. The summed E-state index contributed by atoms with van der Waals surface area (Å²) < 4.78 is 11.6. The summed E-state index contributed by atoms with van der Waals surface area (Å²) in [5.74, 6) is 1.48. The van der Waals surface area contributed by atoms with Gasteiger partial charge >= 0.3 is 8.90 Å². The Balaban J connectivity index is 1.75. The molecule has 0 atom stereocenters. The first-order chi connectivity index (χ1) is 8.29. The Morgan fingerprint density at radius 3 is 2.53 bits per heavy atom. The van der Waals surface area contributed by atoms with Gasteiger partial charge in [0.25, 0.3) is 0 Å². The summed E-state index contributed by atoms with van der Waals surface area (Å²) in [6, 6.07) is 0. The van der Waals surface area contributed by atoms with Gasteiger partial charge in [-0.15, -0.1) is 0 Å². The second-order valence-electron chi connectivity index (χ2n) is 5.18. The summed E-state index contributed by atoms with van der Waals surface area (Å²) in [5, 5.41) is 0. The molecule has 0 aromatic heterocycles. The minimum atomic E-state index is -1.14. The third-order valence-electron chi connectivity index (χ3n) is 3.61. The lowest BCUT2D eigenvalue weighted by Crippen LogP contribution is -2.20. The highest BCUT2D eigenvalue weighted by molar-refractivity contribution is 6.54. The molecule has 0 bridgehead atoms. The average molecular weight is 252 g/mol. The molecule has 96 valence electrons. The van der Waals surface area contributed by atoms with Gasteiger partial charge in [-0.05, 0) is 55.7 Å². The lowest BCUT2D eigenvalue weighted by Gasteiger charge is -2.15. The molecule has 17 heavy (non-hydrogen) atoms.